The van der Waals surface area contributed by atoms with Crippen LogP contribution in [0.3, 0.4) is 0 Å². The summed E-state index contributed by atoms with van der Waals surface area (Å²) in [6, 6.07) is 0.874. The zero-order chi connectivity index (χ0) is 108. The second kappa shape index (κ2) is 99.9. The van der Waals surface area contributed by atoms with Crippen LogP contribution >= 0.6 is 0 Å². The lowest BCUT2D eigenvalue weighted by Crippen LogP contribution is -2.32. The number of amides is 10. The topological polar surface area (TPSA) is 273 Å². The first-order valence-corrected chi connectivity index (χ1v) is 54.1. The van der Waals surface area contributed by atoms with Gasteiger partial charge in [-0.1, -0.05) is 289 Å². The van der Waals surface area contributed by atoms with E-state index in [9.17, 15) is 52.7 Å². The molecule has 0 atom stereocenters. The minimum absolute atomic E-state index is 0.113. The van der Waals surface area contributed by atoms with Crippen molar-refractivity contribution in [2.75, 3.05) is 74.0 Å². The lowest BCUT2D eigenvalue weighted by molar-refractivity contribution is -0.133. The highest BCUT2D eigenvalue weighted by Crippen LogP contribution is 2.15. The van der Waals surface area contributed by atoms with Crippen LogP contribution in [0.15, 0.2) is 0 Å². The number of hydrogen-bond donors (Lipinski definition) is 6. The van der Waals surface area contributed by atoms with Crippen molar-refractivity contribution in [3.8, 4) is 0 Å². The van der Waals surface area contributed by atoms with Gasteiger partial charge in [-0.3, -0.25) is 52.7 Å². The third-order valence-electron chi connectivity index (χ3n) is 20.5. The number of carbonyl (C=O) groups excluding carboxylic acids is 11. The third kappa shape index (κ3) is 144. The van der Waals surface area contributed by atoms with Gasteiger partial charge in [-0.2, -0.15) is 0 Å². The van der Waals surface area contributed by atoms with Crippen LogP contribution in [0.5, 0.6) is 0 Å². The molecule has 0 aromatic carbocycles. The Morgan fingerprint density at radius 3 is 0.815 bits per heavy atom. The highest BCUT2D eigenvalue weighted by Gasteiger charge is 2.18. The molecule has 21 heteroatoms. The van der Waals surface area contributed by atoms with Crippen molar-refractivity contribution in [3.63, 3.8) is 0 Å². The fourth-order valence-corrected chi connectivity index (χ4v) is 11.2. The Labute approximate surface area is 840 Å². The molecule has 0 aliphatic carbocycles. The van der Waals surface area contributed by atoms with Crippen molar-refractivity contribution in [2.45, 2.75) is 490 Å². The molecule has 10 amide bonds. The van der Waals surface area contributed by atoms with Gasteiger partial charge in [0.2, 0.25) is 59.1 Å². The number of unbranched alkanes of at least 4 members (excludes halogenated alkanes) is 1. The van der Waals surface area contributed by atoms with Crippen LogP contribution in [0.1, 0.15) is 472 Å². The molecule has 0 aromatic rings. The van der Waals surface area contributed by atoms with E-state index in [1.165, 1.54) is 25.7 Å². The molecule has 0 aliphatic heterocycles. The smallest absolute Gasteiger partial charge is 0.224 e. The second-order valence-electron chi connectivity index (χ2n) is 46.3. The first-order valence-electron chi connectivity index (χ1n) is 54.1. The monoisotopic (exact) mass is 1920 g/mol. The molecule has 0 bridgehead atoms. The SMILES string of the molecule is CC(C)CCC(=O)NC(C)C.CC(C)CCC(=O)NCC(C)C.CC(C)CCC(=O)NCC(C)C.CC(C)CCCC(=O)CC(C)C.CC(C)CCCC(=O)N(C)C(C)C.CC(C)CCCCC(=O)NC(C)C.CC(C)CCCN(C)C(=O)C(C)C.CC(C)CCN(C)C(=O)C(C)C.CC(C)CCN(C)C(=O)CC(C)C.CC(C)CCNC(=O)C(C)C.CC(C)CCNC(=O)CCC(C)C. The van der Waals surface area contributed by atoms with Gasteiger partial charge in [-0.25, -0.2) is 0 Å². The van der Waals surface area contributed by atoms with E-state index >= 15 is 0 Å². The molecule has 6 N–H and O–H groups in total. The molecule has 0 rings (SSSR count). The van der Waals surface area contributed by atoms with E-state index in [2.05, 4.69) is 253 Å². The van der Waals surface area contributed by atoms with E-state index in [0.717, 1.165) is 160 Å². The van der Waals surface area contributed by atoms with Gasteiger partial charge in [0.1, 0.15) is 5.78 Å². The normalized spacial score (nSPS) is 10.9. The van der Waals surface area contributed by atoms with Crippen molar-refractivity contribution in [1.29, 1.82) is 0 Å². The van der Waals surface area contributed by atoms with Crippen LogP contribution in [0.4, 0.5) is 0 Å². The Morgan fingerprint density at radius 1 is 0.222 bits per heavy atom. The predicted molar refractivity (Wildman–Crippen MR) is 586 cm³/mol. The van der Waals surface area contributed by atoms with Crippen LogP contribution < -0.4 is 31.9 Å². The molecular weight excluding hydrogens is 1690 g/mol. The molecule has 0 saturated heterocycles. The molecule has 21 nitrogen and oxygen atoms in total. The molecule has 0 fully saturated rings. The summed E-state index contributed by atoms with van der Waals surface area (Å²) in [4.78, 5) is 131. The summed E-state index contributed by atoms with van der Waals surface area (Å²) < 4.78 is 0. The molecule has 810 valence electrons. The number of rotatable bonds is 55. The van der Waals surface area contributed by atoms with Crippen molar-refractivity contribution < 1.29 is 52.7 Å². The van der Waals surface area contributed by atoms with Gasteiger partial charge in [0.05, 0.1) is 0 Å². The Morgan fingerprint density at radius 2 is 0.511 bits per heavy atom. The maximum atomic E-state index is 11.5. The van der Waals surface area contributed by atoms with E-state index in [4.69, 9.17) is 0 Å². The Balaban J connectivity index is -0.000000139. The fourth-order valence-electron chi connectivity index (χ4n) is 11.2. The van der Waals surface area contributed by atoms with Gasteiger partial charge in [0.15, 0.2) is 0 Å². The van der Waals surface area contributed by atoms with Gasteiger partial charge in [0.25, 0.3) is 0 Å². The van der Waals surface area contributed by atoms with Gasteiger partial charge in [-0.15, -0.1) is 0 Å². The average molecular weight is 1930 g/mol. The standard InChI is InChI=1S/5C11H23NO.C11H22O.3C10H21NO.2C9H19NO/c1-9(2)6-7-12(5)11(13)8-10(3)4;1-9(2)7-6-8-12(5)11(13)10(3)4;1-9(2)7-6-8-11(13)12(5)10(3)4;1-9(2)5-6-11(13)12-8-7-10(3)4;1-9(2)7-5-6-8-11(13)12-10(3)4;1-9(2)6-5-7-11(12)8-10(3)4;1-8(2)6-7-11(5)10(12)9(3)4;2*1-8(2)5-6-10(12)11-7-9(3)4;1-7(2)5-6-10-9(11)8(3)4;1-7(2)5-6-9(11)10-8(3)4/h3*9-10H,6-8H2,1-5H3;2*9-10H,5-8H2,1-4H3,(H,12,13);9-10H,5-8H2,1-4H3;8-9H,6-7H2,1-5H3;2*8-9H,5-7H2,1-4H3,(H,11,12);2*7-8H,5-6H2,1-4H3,(H,10,11). The van der Waals surface area contributed by atoms with Crippen molar-refractivity contribution in [2.24, 2.45) is 112 Å². The van der Waals surface area contributed by atoms with Crippen molar-refractivity contribution >= 4 is 64.9 Å². The summed E-state index contributed by atoms with van der Waals surface area (Å²) in [6.07, 6.45) is 24.8. The van der Waals surface area contributed by atoms with Gasteiger partial charge in [0, 0.05) is 168 Å². The summed E-state index contributed by atoms with van der Waals surface area (Å²) in [5.74, 6) is 13.2. The van der Waals surface area contributed by atoms with Crippen LogP contribution in [-0.2, 0) is 52.7 Å². The number of ketones is 1. The van der Waals surface area contributed by atoms with E-state index in [-0.39, 0.29) is 88.9 Å². The molecule has 0 spiro atoms. The molecule has 0 radical (unpaired) electrons. The molecule has 0 saturated carbocycles. The van der Waals surface area contributed by atoms with Crippen molar-refractivity contribution in [3.05, 3.63) is 0 Å². The highest BCUT2D eigenvalue weighted by atomic mass is 16.2. The predicted octanol–water partition coefficient (Wildman–Crippen LogP) is 26.8. The van der Waals surface area contributed by atoms with Gasteiger partial charge >= 0.3 is 0 Å². The van der Waals surface area contributed by atoms with Crippen molar-refractivity contribution in [1.82, 2.24) is 51.5 Å². The van der Waals surface area contributed by atoms with Gasteiger partial charge in [-0.05, 0) is 220 Å². The number of nitrogens with one attached hydrogen (secondary N) is 6. The quantitative estimate of drug-likeness (QED) is 0.0312. The molecule has 135 heavy (non-hydrogen) atoms. The molecule has 0 aromatic heterocycles. The minimum atomic E-state index is 0.113. The van der Waals surface area contributed by atoms with E-state index < -0.39 is 0 Å². The molecular formula is C114H238N10O11. The summed E-state index contributed by atoms with van der Waals surface area (Å²) in [5.41, 5.74) is 0. The number of nitrogens with zero attached hydrogens (tertiary/aromatic N) is 4. The van der Waals surface area contributed by atoms with Gasteiger partial charge < -0.3 is 51.5 Å². The zero-order valence-corrected chi connectivity index (χ0v) is 98.8. The van der Waals surface area contributed by atoms with E-state index in [1.807, 2.05) is 131 Å². The van der Waals surface area contributed by atoms with Crippen LogP contribution in [0.25, 0.3) is 0 Å². The maximum Gasteiger partial charge on any atom is 0.224 e. The lowest BCUT2D eigenvalue weighted by atomic mass is 10.0. The first kappa shape index (κ1) is 152. The van der Waals surface area contributed by atoms with Crippen LogP contribution in [0, 0.1) is 112 Å². The summed E-state index contributed by atoms with van der Waals surface area (Å²) in [6.45, 7) is 98.4. The lowest BCUT2D eigenvalue weighted by Gasteiger charge is -2.21. The molecule has 0 aliphatic rings. The third-order valence-corrected chi connectivity index (χ3v) is 20.5. The largest absolute Gasteiger partial charge is 0.356 e. The Kier molecular flexibility index (Phi) is 113. The average Bonchev–Trinajstić information content (AvgIpc) is 0.952. The Hall–Kier alpha value is -5.63. The molecule has 0 unspecified atom stereocenters. The number of Topliss-reactive ketones (excluding diaryl/α,β-unsaturated/α-hetero) is 1. The van der Waals surface area contributed by atoms with Crippen LogP contribution in [-0.4, -0.2) is 177 Å². The number of carbonyl (C=O) groups is 11. The summed E-state index contributed by atoms with van der Waals surface area (Å²) in [5, 5.41) is 17.4. The van der Waals surface area contributed by atoms with Crippen LogP contribution in [0.2, 0.25) is 0 Å². The Bertz CT molecular complexity index is 2710. The maximum absolute atomic E-state index is 11.5. The zero-order valence-electron chi connectivity index (χ0n) is 98.8. The minimum Gasteiger partial charge on any atom is -0.356 e. The first-order chi connectivity index (χ1) is 61.9. The van der Waals surface area contributed by atoms with E-state index in [0.29, 0.717) is 134 Å². The second-order valence-corrected chi connectivity index (χ2v) is 46.3. The fraction of sp³-hybridized carbons (Fsp3) is 0.904. The number of hydrogen-bond acceptors (Lipinski definition) is 11. The molecule has 0 heterocycles. The van der Waals surface area contributed by atoms with E-state index in [1.54, 1.807) is 0 Å². The summed E-state index contributed by atoms with van der Waals surface area (Å²) >= 11 is 0. The highest BCUT2D eigenvalue weighted by molar-refractivity contribution is 5.80. The summed E-state index contributed by atoms with van der Waals surface area (Å²) in [7, 11) is 7.54.